The summed E-state index contributed by atoms with van der Waals surface area (Å²) in [6.07, 6.45) is 0. The van der Waals surface area contributed by atoms with E-state index in [-0.39, 0.29) is 42.5 Å². The maximum absolute atomic E-state index is 7.88. The molecule has 31 heavy (non-hydrogen) atoms. The van der Waals surface area contributed by atoms with Crippen molar-refractivity contribution in [2.45, 2.75) is 14.9 Å². The largest absolute Gasteiger partial charge is 0.432 e. The molecule has 24 unspecified atom stereocenters. The topological polar surface area (TPSA) is 61.3 Å². The predicted molar refractivity (Wildman–Crippen MR) is 240 cm³/mol. The van der Waals surface area contributed by atoms with Gasteiger partial charge in [-0.05, 0) is 41.4 Å². The zero-order valence-electron chi connectivity index (χ0n) is 15.1. The summed E-state index contributed by atoms with van der Waals surface area (Å²) in [5.74, 6) is 0. The number of rotatable bonds is 14. The second-order valence-corrected chi connectivity index (χ2v) is 106. The van der Waals surface area contributed by atoms with Crippen molar-refractivity contribution >= 4 is 210 Å². The van der Waals surface area contributed by atoms with Crippen LogP contribution in [-0.2, 0) is 4.12 Å². The lowest BCUT2D eigenvalue weighted by Crippen LogP contribution is -2.43. The first-order chi connectivity index (χ1) is 13.3. The molecule has 0 saturated carbocycles. The van der Waals surface area contributed by atoms with E-state index in [0.29, 0.717) is 0 Å². The Kier molecular flexibility index (Phi) is 35.6. The first-order valence-electron chi connectivity index (χ1n) is 6.78. The summed E-state index contributed by atoms with van der Waals surface area (Å²) >= 11 is 0. The maximum Gasteiger partial charge on any atom is 0.295 e. The zero-order valence-corrected chi connectivity index (χ0v) is 42.1. The van der Waals surface area contributed by atoms with Gasteiger partial charge in [-0.25, -0.2) is 0 Å². The Morgan fingerprint density at radius 3 is 0.968 bits per heavy atom. The maximum atomic E-state index is 7.88. The summed E-state index contributed by atoms with van der Waals surface area (Å²) < 4.78 is 7.88. The van der Waals surface area contributed by atoms with Crippen molar-refractivity contribution in [2.75, 3.05) is 0 Å². The molecule has 192 valence electrons. The third-order valence-corrected chi connectivity index (χ3v) is 183. The molecule has 3 nitrogen and oxygen atoms in total. The normalized spacial score (nSPS) is 23.2. The van der Waals surface area contributed by atoms with Crippen LogP contribution in [0, 0.1) is 0 Å². The van der Waals surface area contributed by atoms with Crippen molar-refractivity contribution in [2.24, 2.45) is 11.0 Å². The second kappa shape index (κ2) is 23.9. The molecule has 29 heteroatoms. The van der Waals surface area contributed by atoms with Gasteiger partial charge in [-0.3, -0.25) is 0 Å². The molecule has 4 N–H and O–H groups in total. The van der Waals surface area contributed by atoms with Gasteiger partial charge < -0.3 is 15.1 Å². The quantitative estimate of drug-likeness (QED) is 0.135. The molecular weight excluding hydrogens is 868 g/mol. The third kappa shape index (κ3) is 12.9. The van der Waals surface area contributed by atoms with E-state index in [1.807, 2.05) is 0 Å². The highest BCUT2D eigenvalue weighted by molar-refractivity contribution is 9.02. The molecule has 0 aliphatic carbocycles. The molecule has 0 aromatic rings. The summed E-state index contributed by atoms with van der Waals surface area (Å²) in [6, 6.07) is 0. The average molecular weight is 908 g/mol. The molecular formula is C2H40N2OP24Si2. The highest BCUT2D eigenvalue weighted by Gasteiger charge is 2.62. The van der Waals surface area contributed by atoms with Crippen LogP contribution >= 0.6 is 195 Å². The Hall–Kier alpha value is 10.6. The summed E-state index contributed by atoms with van der Waals surface area (Å²) in [5, 5.41) is 0. The molecule has 0 aromatic heterocycles. The molecule has 0 aromatic carbocycles. The van der Waals surface area contributed by atoms with Crippen LogP contribution < -0.4 is 11.0 Å². The van der Waals surface area contributed by atoms with Gasteiger partial charge in [0.25, 0.3) is 14.6 Å². The highest BCUT2D eigenvalue weighted by Crippen LogP contribution is 3.03. The van der Waals surface area contributed by atoms with Crippen LogP contribution in [-0.4, -0.2) is 14.6 Å². The van der Waals surface area contributed by atoms with Crippen molar-refractivity contribution in [3.8, 4) is 0 Å². The summed E-state index contributed by atoms with van der Waals surface area (Å²) in [5.41, 5.74) is 14.4. The Labute approximate surface area is 237 Å². The minimum absolute atomic E-state index is 0. The lowest BCUT2D eigenvalue weighted by molar-refractivity contribution is 0.649. The summed E-state index contributed by atoms with van der Waals surface area (Å²) in [4.78, 5) is 0. The van der Waals surface area contributed by atoms with Gasteiger partial charge in [0, 0.05) is 14.6 Å². The molecule has 0 amide bonds. The fraction of sp³-hybridized carbons (Fsp3) is 1.00. The minimum Gasteiger partial charge on any atom is -0.432 e. The Morgan fingerprint density at radius 1 is 0.548 bits per heavy atom. The van der Waals surface area contributed by atoms with Gasteiger partial charge in [-0.2, -0.15) is 0 Å². The molecule has 0 heterocycles. The summed E-state index contributed by atoms with van der Waals surface area (Å²) in [7, 11) is 34.8. The van der Waals surface area contributed by atoms with E-state index in [4.69, 9.17) is 15.1 Å². The molecule has 0 bridgehead atoms. The van der Waals surface area contributed by atoms with Crippen LogP contribution in [0.15, 0.2) is 0 Å². The van der Waals surface area contributed by atoms with E-state index in [0.717, 1.165) is 31.8 Å². The number of hydrogen-bond acceptors (Lipinski definition) is 3. The minimum atomic E-state index is -2.23. The Bertz CT molecular complexity index is 433. The van der Waals surface area contributed by atoms with Crippen molar-refractivity contribution in [1.82, 2.24) is 0 Å². The first kappa shape index (κ1) is 46.1. The van der Waals surface area contributed by atoms with Gasteiger partial charge in [0.1, 0.15) is 0 Å². The zero-order chi connectivity index (χ0) is 23.2. The molecule has 0 aliphatic rings. The van der Waals surface area contributed by atoms with Crippen molar-refractivity contribution in [3.05, 3.63) is 0 Å². The molecule has 0 rings (SSSR count). The molecule has 0 spiro atoms. The van der Waals surface area contributed by atoms with Crippen LogP contribution in [0.5, 0.6) is 0 Å². The van der Waals surface area contributed by atoms with E-state index < -0.39 is 43.0 Å². The lowest BCUT2D eigenvalue weighted by Gasteiger charge is -2.54. The SMILES string of the molecule is C.C.NP(P(P)PP)[Si](O[Si](P(P)P)(P(P)PP)P(N)P(P)PP)(P(P)P)P(P)PP. The van der Waals surface area contributed by atoms with Gasteiger partial charge in [0.2, 0.25) is 0 Å². The smallest absolute Gasteiger partial charge is 0.295 e. The van der Waals surface area contributed by atoms with Gasteiger partial charge in [0.15, 0.2) is 0 Å². The van der Waals surface area contributed by atoms with E-state index in [1.165, 1.54) is 0 Å². The van der Waals surface area contributed by atoms with E-state index in [1.54, 1.807) is 0 Å². The van der Waals surface area contributed by atoms with Gasteiger partial charge >= 0.3 is 0 Å². The van der Waals surface area contributed by atoms with Crippen LogP contribution in [0.25, 0.3) is 0 Å². The highest BCUT2D eigenvalue weighted by atomic mass is 32.9. The molecule has 0 fully saturated rings. The molecule has 0 radical (unpaired) electrons. The van der Waals surface area contributed by atoms with E-state index in [9.17, 15) is 0 Å². The van der Waals surface area contributed by atoms with Gasteiger partial charge in [-0.15, -0.1) is 107 Å². The second-order valence-electron chi connectivity index (χ2n) is 4.70. The van der Waals surface area contributed by atoms with Crippen LogP contribution in [0.2, 0.25) is 0 Å². The van der Waals surface area contributed by atoms with Gasteiger partial charge in [-0.1, -0.05) is 46.7 Å². The number of hydrogen-bond donors (Lipinski definition) is 2. The third-order valence-electron chi connectivity index (χ3n) is 3.18. The Balaban J connectivity index is -0.00000392. The van der Waals surface area contributed by atoms with Crippen LogP contribution in [0.3, 0.4) is 0 Å². The van der Waals surface area contributed by atoms with Crippen molar-refractivity contribution in [3.63, 3.8) is 0 Å². The average Bonchev–Trinajstić information content (AvgIpc) is 2.70. The lowest BCUT2D eigenvalue weighted by atomic mass is 12.0. The van der Waals surface area contributed by atoms with Crippen molar-refractivity contribution in [1.29, 1.82) is 0 Å². The molecule has 24 atom stereocenters. The fourth-order valence-electron chi connectivity index (χ4n) is 1.76. The molecule has 0 saturated heterocycles. The first-order valence-corrected chi connectivity index (χ1v) is 55.5. The van der Waals surface area contributed by atoms with Crippen LogP contribution in [0.4, 0.5) is 0 Å². The summed E-state index contributed by atoms with van der Waals surface area (Å²) in [6.45, 7) is -2.02. The Morgan fingerprint density at radius 2 is 0.806 bits per heavy atom. The standard InChI is InChI=1S/2CH4.H32N2OP24Si2/c;;1-20(24(12)16-4)28(22(8)9,26(14)18-6)3-29(23(10)11,27(15)19-7)21(2)25(13)17-5/h2*1H4;16-19H,1-2,4-15H2. The predicted octanol–water partition coefficient (Wildman–Crippen LogP) is 12.4. The monoisotopic (exact) mass is 908 g/mol. The van der Waals surface area contributed by atoms with E-state index in [2.05, 4.69) is 107 Å². The van der Waals surface area contributed by atoms with E-state index >= 15 is 0 Å². The van der Waals surface area contributed by atoms with Crippen molar-refractivity contribution < 1.29 is 4.12 Å². The van der Waals surface area contributed by atoms with Crippen LogP contribution in [0.1, 0.15) is 14.9 Å². The fourth-order valence-corrected chi connectivity index (χ4v) is 272. The van der Waals surface area contributed by atoms with Gasteiger partial charge in [0.05, 0.1) is 0 Å². The molecule has 0 aliphatic heterocycles. The number of nitrogens with two attached hydrogens (primary N) is 2.